The molecule has 0 unspecified atom stereocenters. The number of nitrogens with zero attached hydrogens (tertiary/aromatic N) is 1. The van der Waals surface area contributed by atoms with E-state index in [1.165, 1.54) is 12.1 Å². The van der Waals surface area contributed by atoms with E-state index in [1.807, 2.05) is 19.1 Å². The summed E-state index contributed by atoms with van der Waals surface area (Å²) in [5.41, 5.74) is 2.21. The van der Waals surface area contributed by atoms with Crippen LogP contribution in [0.2, 0.25) is 5.02 Å². The molecule has 0 bridgehead atoms. The third-order valence-corrected chi connectivity index (χ3v) is 3.19. The Hall–Kier alpha value is -2.27. The van der Waals surface area contributed by atoms with Crippen LogP contribution in [-0.2, 0) is 6.54 Å². The van der Waals surface area contributed by atoms with E-state index in [9.17, 15) is 15.2 Å². The van der Waals surface area contributed by atoms with E-state index in [0.29, 0.717) is 17.3 Å². The molecule has 0 aromatic heterocycles. The van der Waals surface area contributed by atoms with Crippen molar-refractivity contribution in [3.63, 3.8) is 0 Å². The second kappa shape index (κ2) is 5.79. The van der Waals surface area contributed by atoms with Crippen LogP contribution < -0.4 is 5.32 Å². The second-order valence-corrected chi connectivity index (χ2v) is 4.82. The van der Waals surface area contributed by atoms with E-state index in [0.717, 1.165) is 17.2 Å². The summed E-state index contributed by atoms with van der Waals surface area (Å²) in [4.78, 5) is 10.4. The lowest BCUT2D eigenvalue weighted by Crippen LogP contribution is -2.03. The Morgan fingerprint density at radius 2 is 2.05 bits per heavy atom. The quantitative estimate of drug-likeness (QED) is 0.509. The number of halogens is 1. The molecule has 5 nitrogen and oxygen atoms in total. The molecule has 0 aliphatic rings. The van der Waals surface area contributed by atoms with E-state index >= 15 is 0 Å². The maximum atomic E-state index is 10.9. The van der Waals surface area contributed by atoms with Gasteiger partial charge in [0.15, 0.2) is 0 Å². The molecule has 2 aromatic carbocycles. The third-order valence-electron chi connectivity index (χ3n) is 2.95. The van der Waals surface area contributed by atoms with Crippen molar-refractivity contribution in [3.8, 4) is 5.75 Å². The van der Waals surface area contributed by atoms with Crippen molar-refractivity contribution < 1.29 is 10.0 Å². The van der Waals surface area contributed by atoms with Crippen LogP contribution in [0.4, 0.5) is 11.4 Å². The van der Waals surface area contributed by atoms with Crippen LogP contribution in [0.3, 0.4) is 0 Å². The number of aromatic hydroxyl groups is 1. The number of phenols is 1. The van der Waals surface area contributed by atoms with Gasteiger partial charge >= 0.3 is 0 Å². The predicted molar refractivity (Wildman–Crippen MR) is 78.3 cm³/mol. The maximum absolute atomic E-state index is 10.9. The lowest BCUT2D eigenvalue weighted by Gasteiger charge is -2.10. The van der Waals surface area contributed by atoms with Gasteiger partial charge in [-0.15, -0.1) is 0 Å². The number of anilines is 1. The first kappa shape index (κ1) is 14.1. The zero-order chi connectivity index (χ0) is 14.7. The second-order valence-electron chi connectivity index (χ2n) is 4.38. The standard InChI is InChI=1S/C14H13ClN2O3/c1-9-6-11(15)3-2-10(9)8-16-13-5-4-12(18)7-14(13)17(19)20/h2-7,16,18H,8H2,1H3. The van der Waals surface area contributed by atoms with Gasteiger partial charge in [0, 0.05) is 11.6 Å². The van der Waals surface area contributed by atoms with Crippen LogP contribution in [0.25, 0.3) is 0 Å². The highest BCUT2D eigenvalue weighted by Gasteiger charge is 2.14. The molecule has 104 valence electrons. The van der Waals surface area contributed by atoms with Crippen LogP contribution in [0.1, 0.15) is 11.1 Å². The summed E-state index contributed by atoms with van der Waals surface area (Å²) in [5.74, 6) is -0.134. The Bertz CT molecular complexity index is 659. The summed E-state index contributed by atoms with van der Waals surface area (Å²) in [6.45, 7) is 2.36. The zero-order valence-electron chi connectivity index (χ0n) is 10.8. The Morgan fingerprint density at radius 1 is 1.30 bits per heavy atom. The zero-order valence-corrected chi connectivity index (χ0v) is 11.5. The first-order valence-electron chi connectivity index (χ1n) is 5.93. The summed E-state index contributed by atoms with van der Waals surface area (Å²) in [6, 6.07) is 9.50. The number of benzene rings is 2. The van der Waals surface area contributed by atoms with E-state index in [4.69, 9.17) is 11.6 Å². The van der Waals surface area contributed by atoms with E-state index in [2.05, 4.69) is 5.32 Å². The summed E-state index contributed by atoms with van der Waals surface area (Å²) in [7, 11) is 0. The van der Waals surface area contributed by atoms with Gasteiger partial charge in [-0.3, -0.25) is 10.1 Å². The Morgan fingerprint density at radius 3 is 2.70 bits per heavy atom. The lowest BCUT2D eigenvalue weighted by molar-refractivity contribution is -0.384. The summed E-state index contributed by atoms with van der Waals surface area (Å²) in [6.07, 6.45) is 0. The van der Waals surface area contributed by atoms with E-state index in [1.54, 1.807) is 6.07 Å². The highest BCUT2D eigenvalue weighted by atomic mass is 35.5. The van der Waals surface area contributed by atoms with Crippen LogP contribution in [0.5, 0.6) is 5.75 Å². The van der Waals surface area contributed by atoms with Crippen molar-refractivity contribution >= 4 is 23.0 Å². The van der Waals surface area contributed by atoms with Crippen molar-refractivity contribution in [1.29, 1.82) is 0 Å². The number of aryl methyl sites for hydroxylation is 1. The number of hydrogen-bond donors (Lipinski definition) is 2. The molecule has 20 heavy (non-hydrogen) atoms. The molecule has 0 amide bonds. The fourth-order valence-corrected chi connectivity index (χ4v) is 2.10. The molecule has 0 heterocycles. The first-order valence-corrected chi connectivity index (χ1v) is 6.31. The molecular weight excluding hydrogens is 280 g/mol. The molecule has 0 aliphatic heterocycles. The van der Waals surface area contributed by atoms with Crippen LogP contribution >= 0.6 is 11.6 Å². The van der Waals surface area contributed by atoms with Crippen LogP contribution in [-0.4, -0.2) is 10.0 Å². The van der Waals surface area contributed by atoms with Crippen molar-refractivity contribution in [2.45, 2.75) is 13.5 Å². The van der Waals surface area contributed by atoms with Gasteiger partial charge in [-0.05, 0) is 42.3 Å². The highest BCUT2D eigenvalue weighted by Crippen LogP contribution is 2.29. The molecule has 0 saturated heterocycles. The molecule has 2 N–H and O–H groups in total. The van der Waals surface area contributed by atoms with Gasteiger partial charge in [0.25, 0.3) is 5.69 Å². The minimum Gasteiger partial charge on any atom is -0.508 e. The van der Waals surface area contributed by atoms with Crippen molar-refractivity contribution in [2.24, 2.45) is 0 Å². The number of nitrogens with one attached hydrogen (secondary N) is 1. The van der Waals surface area contributed by atoms with Gasteiger partial charge in [0.05, 0.1) is 11.0 Å². The monoisotopic (exact) mass is 292 g/mol. The molecule has 6 heteroatoms. The molecule has 2 rings (SSSR count). The Labute approximate surface area is 121 Å². The number of phenolic OH excluding ortho intramolecular Hbond substituents is 1. The molecule has 0 aliphatic carbocycles. The molecular formula is C14H13ClN2O3. The molecule has 0 fully saturated rings. The van der Waals surface area contributed by atoms with Gasteiger partial charge in [-0.1, -0.05) is 17.7 Å². The number of rotatable bonds is 4. The van der Waals surface area contributed by atoms with Crippen LogP contribution in [0.15, 0.2) is 36.4 Å². The maximum Gasteiger partial charge on any atom is 0.296 e. The minimum absolute atomic E-state index is 0.134. The van der Waals surface area contributed by atoms with Gasteiger partial charge in [-0.25, -0.2) is 0 Å². The molecule has 0 spiro atoms. The lowest BCUT2D eigenvalue weighted by atomic mass is 10.1. The van der Waals surface area contributed by atoms with Gasteiger partial charge in [0.1, 0.15) is 11.4 Å². The van der Waals surface area contributed by atoms with E-state index in [-0.39, 0.29) is 11.4 Å². The predicted octanol–water partition coefficient (Wildman–Crippen LogP) is 3.87. The normalized spacial score (nSPS) is 10.3. The van der Waals surface area contributed by atoms with Crippen molar-refractivity contribution in [2.75, 3.05) is 5.32 Å². The molecule has 2 aromatic rings. The average Bonchev–Trinajstić information content (AvgIpc) is 2.38. The van der Waals surface area contributed by atoms with E-state index < -0.39 is 4.92 Å². The molecule has 0 radical (unpaired) electrons. The SMILES string of the molecule is Cc1cc(Cl)ccc1CNc1ccc(O)cc1[N+](=O)[O-]. The summed E-state index contributed by atoms with van der Waals surface area (Å²) < 4.78 is 0. The van der Waals surface area contributed by atoms with Crippen LogP contribution in [0, 0.1) is 17.0 Å². The number of hydrogen-bond acceptors (Lipinski definition) is 4. The average molecular weight is 293 g/mol. The summed E-state index contributed by atoms with van der Waals surface area (Å²) in [5, 5.41) is 23.9. The van der Waals surface area contributed by atoms with Gasteiger partial charge < -0.3 is 10.4 Å². The Balaban J connectivity index is 2.20. The van der Waals surface area contributed by atoms with Crippen molar-refractivity contribution in [1.82, 2.24) is 0 Å². The Kier molecular flexibility index (Phi) is 4.10. The largest absolute Gasteiger partial charge is 0.508 e. The van der Waals surface area contributed by atoms with Crippen molar-refractivity contribution in [3.05, 3.63) is 62.7 Å². The molecule has 0 saturated carbocycles. The van der Waals surface area contributed by atoms with Gasteiger partial charge in [-0.2, -0.15) is 0 Å². The first-order chi connectivity index (χ1) is 9.47. The fraction of sp³-hybridized carbons (Fsp3) is 0.143. The number of nitro benzene ring substituents is 1. The number of nitro groups is 1. The fourth-order valence-electron chi connectivity index (χ4n) is 1.87. The topological polar surface area (TPSA) is 75.4 Å². The van der Waals surface area contributed by atoms with Gasteiger partial charge in [0.2, 0.25) is 0 Å². The minimum atomic E-state index is -0.531. The smallest absolute Gasteiger partial charge is 0.296 e. The summed E-state index contributed by atoms with van der Waals surface area (Å²) >= 11 is 5.88. The molecule has 0 atom stereocenters. The third kappa shape index (κ3) is 3.19. The highest BCUT2D eigenvalue weighted by molar-refractivity contribution is 6.30.